The Morgan fingerprint density at radius 3 is 2.95 bits per heavy atom. The topological polar surface area (TPSA) is 29.5 Å². The monoisotopic (exact) mass is 319 g/mol. The van der Waals surface area contributed by atoms with Crippen molar-refractivity contribution in [3.63, 3.8) is 0 Å². The van der Waals surface area contributed by atoms with Crippen LogP contribution < -0.4 is 0 Å². The van der Waals surface area contributed by atoms with Crippen LogP contribution in [0.4, 0.5) is 0 Å². The van der Waals surface area contributed by atoms with Crippen molar-refractivity contribution >= 4 is 23.1 Å². The van der Waals surface area contributed by atoms with Gasteiger partial charge in [-0.15, -0.1) is 0 Å². The molecule has 0 N–H and O–H groups in total. The SMILES string of the molecule is CC(C)C(=O)OC1CCN2CC=C(c3cccc(Cl)c3)C1C2. The second-order valence-corrected chi connectivity index (χ2v) is 6.89. The van der Waals surface area contributed by atoms with E-state index in [1.807, 2.05) is 32.0 Å². The number of hydrogen-bond acceptors (Lipinski definition) is 3. The van der Waals surface area contributed by atoms with Crippen molar-refractivity contribution in [1.29, 1.82) is 0 Å². The van der Waals surface area contributed by atoms with Gasteiger partial charge < -0.3 is 4.74 Å². The molecule has 0 radical (unpaired) electrons. The lowest BCUT2D eigenvalue weighted by atomic mass is 9.81. The van der Waals surface area contributed by atoms with Crippen LogP contribution in [0.2, 0.25) is 5.02 Å². The first kappa shape index (κ1) is 15.6. The molecule has 2 aliphatic heterocycles. The Bertz CT molecular complexity index is 597. The molecule has 4 heteroatoms. The van der Waals surface area contributed by atoms with Gasteiger partial charge in [0.05, 0.1) is 5.92 Å². The number of rotatable bonds is 3. The third kappa shape index (κ3) is 3.21. The normalized spacial score (nSPS) is 27.5. The zero-order valence-electron chi connectivity index (χ0n) is 13.1. The number of benzene rings is 1. The van der Waals surface area contributed by atoms with E-state index >= 15 is 0 Å². The van der Waals surface area contributed by atoms with E-state index in [0.717, 1.165) is 36.6 Å². The van der Waals surface area contributed by atoms with E-state index in [1.165, 1.54) is 5.57 Å². The van der Waals surface area contributed by atoms with Crippen molar-refractivity contribution in [3.05, 3.63) is 40.9 Å². The molecule has 1 fully saturated rings. The van der Waals surface area contributed by atoms with E-state index in [4.69, 9.17) is 16.3 Å². The van der Waals surface area contributed by atoms with Gasteiger partial charge >= 0.3 is 5.97 Å². The van der Waals surface area contributed by atoms with E-state index in [1.54, 1.807) is 0 Å². The van der Waals surface area contributed by atoms with Crippen molar-refractivity contribution in [1.82, 2.24) is 4.90 Å². The van der Waals surface area contributed by atoms with Gasteiger partial charge in [-0.25, -0.2) is 0 Å². The summed E-state index contributed by atoms with van der Waals surface area (Å²) in [5, 5.41) is 0.743. The van der Waals surface area contributed by atoms with Crippen LogP contribution in [0, 0.1) is 11.8 Å². The Balaban J connectivity index is 1.85. The Labute approximate surface area is 136 Å². The number of esters is 1. The van der Waals surface area contributed by atoms with Crippen LogP contribution in [-0.2, 0) is 9.53 Å². The maximum atomic E-state index is 12.0. The molecule has 2 bridgehead atoms. The minimum atomic E-state index is -0.102. The Morgan fingerprint density at radius 2 is 2.23 bits per heavy atom. The summed E-state index contributed by atoms with van der Waals surface area (Å²) in [7, 11) is 0. The van der Waals surface area contributed by atoms with E-state index in [0.29, 0.717) is 0 Å². The molecule has 2 aliphatic rings. The highest BCUT2D eigenvalue weighted by Gasteiger charge is 2.37. The van der Waals surface area contributed by atoms with Crippen molar-refractivity contribution in [3.8, 4) is 0 Å². The minimum Gasteiger partial charge on any atom is -0.461 e. The average Bonchev–Trinajstić information content (AvgIpc) is 2.50. The highest BCUT2D eigenvalue weighted by Crippen LogP contribution is 2.36. The molecular formula is C18H22ClNO2. The number of hydrogen-bond donors (Lipinski definition) is 0. The Morgan fingerprint density at radius 1 is 1.41 bits per heavy atom. The fraction of sp³-hybridized carbons (Fsp3) is 0.500. The third-order valence-electron chi connectivity index (χ3n) is 4.50. The molecule has 1 aromatic rings. The lowest BCUT2D eigenvalue weighted by Crippen LogP contribution is -2.48. The second kappa shape index (κ2) is 6.43. The molecule has 118 valence electrons. The summed E-state index contributed by atoms with van der Waals surface area (Å²) in [6, 6.07) is 7.95. The van der Waals surface area contributed by atoms with Crippen LogP contribution in [0.25, 0.3) is 5.57 Å². The Kier molecular flexibility index (Phi) is 4.55. The highest BCUT2D eigenvalue weighted by atomic mass is 35.5. The van der Waals surface area contributed by atoms with E-state index in [9.17, 15) is 4.79 Å². The number of halogens is 1. The molecule has 3 rings (SSSR count). The second-order valence-electron chi connectivity index (χ2n) is 6.45. The van der Waals surface area contributed by atoms with Gasteiger partial charge in [0, 0.05) is 30.6 Å². The molecule has 3 unspecified atom stereocenters. The number of fused-ring (bicyclic) bond motifs is 2. The van der Waals surface area contributed by atoms with Gasteiger partial charge in [-0.1, -0.05) is 43.7 Å². The largest absolute Gasteiger partial charge is 0.461 e. The summed E-state index contributed by atoms with van der Waals surface area (Å²) in [6.07, 6.45) is 3.13. The quantitative estimate of drug-likeness (QED) is 0.797. The molecule has 0 aliphatic carbocycles. The molecule has 1 saturated heterocycles. The van der Waals surface area contributed by atoms with Gasteiger partial charge in [-0.05, 0) is 29.7 Å². The van der Waals surface area contributed by atoms with Crippen molar-refractivity contribution in [2.45, 2.75) is 26.4 Å². The molecule has 1 aromatic carbocycles. The molecule has 0 amide bonds. The summed E-state index contributed by atoms with van der Waals surface area (Å²) in [5.74, 6) is 0.0540. The molecule has 3 atom stereocenters. The fourth-order valence-corrected chi connectivity index (χ4v) is 3.46. The molecule has 0 spiro atoms. The zero-order valence-corrected chi connectivity index (χ0v) is 13.8. The lowest BCUT2D eigenvalue weighted by Gasteiger charge is -2.42. The van der Waals surface area contributed by atoms with Gasteiger partial charge in [0.2, 0.25) is 0 Å². The van der Waals surface area contributed by atoms with Crippen LogP contribution in [0.5, 0.6) is 0 Å². The predicted molar refractivity (Wildman–Crippen MR) is 88.7 cm³/mol. The number of carbonyl (C=O) groups is 1. The van der Waals surface area contributed by atoms with Gasteiger partial charge in [0.15, 0.2) is 0 Å². The van der Waals surface area contributed by atoms with Crippen LogP contribution in [-0.4, -0.2) is 36.6 Å². The van der Waals surface area contributed by atoms with Gasteiger partial charge in [-0.2, -0.15) is 0 Å². The summed E-state index contributed by atoms with van der Waals surface area (Å²) >= 11 is 6.14. The standard InChI is InChI=1S/C18H22ClNO2/c1-12(2)18(21)22-17-7-9-20-8-6-15(16(17)11-20)13-4-3-5-14(19)10-13/h3-6,10,12,16-17H,7-9,11H2,1-2H3. The summed E-state index contributed by atoms with van der Waals surface area (Å²) in [4.78, 5) is 14.4. The highest BCUT2D eigenvalue weighted by molar-refractivity contribution is 6.30. The summed E-state index contributed by atoms with van der Waals surface area (Å²) in [6.45, 7) is 6.67. The summed E-state index contributed by atoms with van der Waals surface area (Å²) in [5.41, 5.74) is 2.41. The minimum absolute atomic E-state index is 0.0309. The smallest absolute Gasteiger partial charge is 0.308 e. The van der Waals surface area contributed by atoms with E-state index < -0.39 is 0 Å². The van der Waals surface area contributed by atoms with Crippen molar-refractivity contribution < 1.29 is 9.53 Å². The number of nitrogens with zero attached hydrogens (tertiary/aromatic N) is 1. The molecule has 0 saturated carbocycles. The fourth-order valence-electron chi connectivity index (χ4n) is 3.27. The number of carbonyl (C=O) groups excluding carboxylic acids is 1. The van der Waals surface area contributed by atoms with Crippen LogP contribution in [0.15, 0.2) is 30.3 Å². The van der Waals surface area contributed by atoms with E-state index in [2.05, 4.69) is 17.0 Å². The predicted octanol–water partition coefficient (Wildman–Crippen LogP) is 3.63. The third-order valence-corrected chi connectivity index (χ3v) is 4.73. The molecule has 22 heavy (non-hydrogen) atoms. The first-order chi connectivity index (χ1) is 10.5. The zero-order chi connectivity index (χ0) is 15.7. The molecule has 0 aromatic heterocycles. The average molecular weight is 320 g/mol. The van der Waals surface area contributed by atoms with E-state index in [-0.39, 0.29) is 23.9 Å². The Hall–Kier alpha value is -1.32. The summed E-state index contributed by atoms with van der Waals surface area (Å²) < 4.78 is 5.78. The number of piperidine rings is 1. The van der Waals surface area contributed by atoms with Crippen LogP contribution in [0.3, 0.4) is 0 Å². The van der Waals surface area contributed by atoms with Crippen LogP contribution >= 0.6 is 11.6 Å². The first-order valence-electron chi connectivity index (χ1n) is 7.93. The van der Waals surface area contributed by atoms with Gasteiger partial charge in [0.1, 0.15) is 6.10 Å². The lowest BCUT2D eigenvalue weighted by molar-refractivity contribution is -0.157. The molecule has 3 nitrogen and oxygen atoms in total. The van der Waals surface area contributed by atoms with Crippen molar-refractivity contribution in [2.75, 3.05) is 19.6 Å². The molecular weight excluding hydrogens is 298 g/mol. The number of ether oxygens (including phenoxy) is 1. The maximum Gasteiger partial charge on any atom is 0.308 e. The van der Waals surface area contributed by atoms with Crippen LogP contribution in [0.1, 0.15) is 25.8 Å². The van der Waals surface area contributed by atoms with Crippen molar-refractivity contribution in [2.24, 2.45) is 11.8 Å². The first-order valence-corrected chi connectivity index (χ1v) is 8.31. The maximum absolute atomic E-state index is 12.0. The van der Waals surface area contributed by atoms with Gasteiger partial charge in [-0.3, -0.25) is 9.69 Å². The molecule has 2 heterocycles. The van der Waals surface area contributed by atoms with Gasteiger partial charge in [0.25, 0.3) is 0 Å².